The zero-order chi connectivity index (χ0) is 13.1. The van der Waals surface area contributed by atoms with Crippen molar-refractivity contribution < 1.29 is 4.74 Å². The molecule has 0 aliphatic heterocycles. The van der Waals surface area contributed by atoms with Crippen LogP contribution in [-0.4, -0.2) is 17.1 Å². The Morgan fingerprint density at radius 3 is 2.67 bits per heavy atom. The molecule has 4 heteroatoms. The highest BCUT2D eigenvalue weighted by Crippen LogP contribution is 2.29. The molecule has 0 saturated heterocycles. The van der Waals surface area contributed by atoms with Gasteiger partial charge in [-0.1, -0.05) is 13.8 Å². The quantitative estimate of drug-likeness (QED) is 0.842. The summed E-state index contributed by atoms with van der Waals surface area (Å²) in [6.45, 7) is 4.20. The van der Waals surface area contributed by atoms with E-state index in [1.165, 1.54) is 0 Å². The molecule has 1 heterocycles. The summed E-state index contributed by atoms with van der Waals surface area (Å²) >= 11 is 0. The van der Waals surface area contributed by atoms with Gasteiger partial charge in [0.1, 0.15) is 5.75 Å². The second-order valence-electron chi connectivity index (χ2n) is 4.42. The number of aromatic nitrogens is 2. The fraction of sp³-hybridized carbons (Fsp3) is 0.286. The molecule has 0 aliphatic carbocycles. The molecule has 0 saturated carbocycles. The van der Waals surface area contributed by atoms with Crippen LogP contribution in [0.2, 0.25) is 0 Å². The number of hydrogen-bond donors (Lipinski definition) is 1. The van der Waals surface area contributed by atoms with Crippen LogP contribution in [-0.2, 0) is 0 Å². The second-order valence-corrected chi connectivity index (χ2v) is 4.42. The molecule has 0 unspecified atom stereocenters. The van der Waals surface area contributed by atoms with Crippen molar-refractivity contribution in [2.24, 2.45) is 0 Å². The van der Waals surface area contributed by atoms with Crippen LogP contribution in [0.5, 0.6) is 5.75 Å². The summed E-state index contributed by atoms with van der Waals surface area (Å²) < 4.78 is 5.32. The lowest BCUT2D eigenvalue weighted by atomic mass is 10.1. The number of anilines is 1. The lowest BCUT2D eigenvalue weighted by molar-refractivity contribution is 0.416. The standard InChI is InChI=1S/C14H17N3O/c1-9(2)12-6-7-16-14(17-12)11-8-10(15)4-5-13(11)18-3/h4-9H,15H2,1-3H3. The highest BCUT2D eigenvalue weighted by Gasteiger charge is 2.10. The van der Waals surface area contributed by atoms with E-state index in [4.69, 9.17) is 10.5 Å². The van der Waals surface area contributed by atoms with Gasteiger partial charge in [0.25, 0.3) is 0 Å². The third-order valence-corrected chi connectivity index (χ3v) is 2.73. The maximum Gasteiger partial charge on any atom is 0.163 e. The van der Waals surface area contributed by atoms with E-state index in [1.54, 1.807) is 19.4 Å². The second kappa shape index (κ2) is 5.04. The van der Waals surface area contributed by atoms with Crippen molar-refractivity contribution in [3.63, 3.8) is 0 Å². The van der Waals surface area contributed by atoms with E-state index in [0.29, 0.717) is 17.4 Å². The molecule has 0 fully saturated rings. The highest BCUT2D eigenvalue weighted by atomic mass is 16.5. The van der Waals surface area contributed by atoms with Crippen LogP contribution in [0.4, 0.5) is 5.69 Å². The normalized spacial score (nSPS) is 10.7. The first-order valence-corrected chi connectivity index (χ1v) is 5.88. The molecule has 0 bridgehead atoms. The van der Waals surface area contributed by atoms with E-state index in [9.17, 15) is 0 Å². The molecule has 0 atom stereocenters. The van der Waals surface area contributed by atoms with Crippen molar-refractivity contribution in [1.82, 2.24) is 9.97 Å². The number of nitrogens with two attached hydrogens (primary N) is 1. The molecule has 2 N–H and O–H groups in total. The van der Waals surface area contributed by atoms with Gasteiger partial charge < -0.3 is 10.5 Å². The van der Waals surface area contributed by atoms with Crippen LogP contribution < -0.4 is 10.5 Å². The summed E-state index contributed by atoms with van der Waals surface area (Å²) in [6.07, 6.45) is 1.76. The molecule has 1 aromatic heterocycles. The fourth-order valence-electron chi connectivity index (χ4n) is 1.72. The van der Waals surface area contributed by atoms with E-state index < -0.39 is 0 Å². The van der Waals surface area contributed by atoms with Crippen molar-refractivity contribution >= 4 is 5.69 Å². The van der Waals surface area contributed by atoms with E-state index in [2.05, 4.69) is 23.8 Å². The Labute approximate surface area is 107 Å². The molecule has 94 valence electrons. The lowest BCUT2D eigenvalue weighted by Gasteiger charge is -2.10. The average Bonchev–Trinajstić information content (AvgIpc) is 2.39. The summed E-state index contributed by atoms with van der Waals surface area (Å²) in [7, 11) is 1.63. The predicted octanol–water partition coefficient (Wildman–Crippen LogP) is 2.86. The topological polar surface area (TPSA) is 61.0 Å². The van der Waals surface area contributed by atoms with E-state index >= 15 is 0 Å². The van der Waals surface area contributed by atoms with E-state index in [-0.39, 0.29) is 0 Å². The molecule has 4 nitrogen and oxygen atoms in total. The third-order valence-electron chi connectivity index (χ3n) is 2.73. The minimum atomic E-state index is 0.360. The number of nitrogens with zero attached hydrogens (tertiary/aromatic N) is 2. The first-order chi connectivity index (χ1) is 8.61. The van der Waals surface area contributed by atoms with Gasteiger partial charge in [-0.2, -0.15) is 0 Å². The van der Waals surface area contributed by atoms with Crippen LogP contribution >= 0.6 is 0 Å². The third kappa shape index (κ3) is 2.42. The summed E-state index contributed by atoms with van der Waals surface area (Å²) in [5.74, 6) is 1.73. The minimum absolute atomic E-state index is 0.360. The number of hydrogen-bond acceptors (Lipinski definition) is 4. The van der Waals surface area contributed by atoms with Gasteiger partial charge in [-0.05, 0) is 30.2 Å². The van der Waals surface area contributed by atoms with Gasteiger partial charge in [0, 0.05) is 17.6 Å². The Kier molecular flexibility index (Phi) is 3.46. The van der Waals surface area contributed by atoms with Crippen LogP contribution in [0.1, 0.15) is 25.5 Å². The van der Waals surface area contributed by atoms with Crippen LogP contribution in [0.3, 0.4) is 0 Å². The Morgan fingerprint density at radius 2 is 2.00 bits per heavy atom. The van der Waals surface area contributed by atoms with Crippen molar-refractivity contribution in [3.05, 3.63) is 36.2 Å². The molecule has 1 aromatic carbocycles. The average molecular weight is 243 g/mol. The van der Waals surface area contributed by atoms with Crippen molar-refractivity contribution in [2.45, 2.75) is 19.8 Å². The number of ether oxygens (including phenoxy) is 1. The molecule has 0 amide bonds. The van der Waals surface area contributed by atoms with Crippen molar-refractivity contribution in [2.75, 3.05) is 12.8 Å². The number of benzene rings is 1. The summed E-state index contributed by atoms with van der Waals surface area (Å²) in [5.41, 5.74) is 8.30. The van der Waals surface area contributed by atoms with Gasteiger partial charge in [-0.25, -0.2) is 9.97 Å². The molecular weight excluding hydrogens is 226 g/mol. The number of methoxy groups -OCH3 is 1. The zero-order valence-electron chi connectivity index (χ0n) is 10.8. The molecule has 0 spiro atoms. The van der Waals surface area contributed by atoms with Gasteiger partial charge in [0.2, 0.25) is 0 Å². The monoisotopic (exact) mass is 243 g/mol. The molecule has 2 rings (SSSR count). The summed E-state index contributed by atoms with van der Waals surface area (Å²) in [5, 5.41) is 0. The number of nitrogen functional groups attached to an aromatic ring is 1. The summed E-state index contributed by atoms with van der Waals surface area (Å²) in [6, 6.07) is 7.38. The van der Waals surface area contributed by atoms with E-state index in [1.807, 2.05) is 18.2 Å². The summed E-state index contributed by atoms with van der Waals surface area (Å²) in [4.78, 5) is 8.84. The molecule has 18 heavy (non-hydrogen) atoms. The van der Waals surface area contributed by atoms with Gasteiger partial charge in [0.05, 0.1) is 12.7 Å². The van der Waals surface area contributed by atoms with Gasteiger partial charge >= 0.3 is 0 Å². The van der Waals surface area contributed by atoms with Crippen LogP contribution in [0.25, 0.3) is 11.4 Å². The first-order valence-electron chi connectivity index (χ1n) is 5.88. The molecule has 2 aromatic rings. The Hall–Kier alpha value is -2.10. The largest absolute Gasteiger partial charge is 0.496 e. The van der Waals surface area contributed by atoms with Crippen LogP contribution in [0.15, 0.2) is 30.5 Å². The van der Waals surface area contributed by atoms with Crippen LogP contribution in [0, 0.1) is 0 Å². The van der Waals surface area contributed by atoms with Crippen molar-refractivity contribution in [3.8, 4) is 17.1 Å². The Morgan fingerprint density at radius 1 is 1.22 bits per heavy atom. The maximum atomic E-state index is 5.81. The van der Waals surface area contributed by atoms with E-state index in [0.717, 1.165) is 17.0 Å². The smallest absolute Gasteiger partial charge is 0.163 e. The lowest BCUT2D eigenvalue weighted by Crippen LogP contribution is -1.99. The zero-order valence-corrected chi connectivity index (χ0v) is 10.8. The van der Waals surface area contributed by atoms with Crippen molar-refractivity contribution in [1.29, 1.82) is 0 Å². The Balaban J connectivity index is 2.54. The first kappa shape index (κ1) is 12.4. The maximum absolute atomic E-state index is 5.81. The van der Waals surface area contributed by atoms with Gasteiger partial charge in [0.15, 0.2) is 5.82 Å². The predicted molar refractivity (Wildman–Crippen MR) is 72.5 cm³/mol. The molecule has 0 aliphatic rings. The highest BCUT2D eigenvalue weighted by molar-refractivity contribution is 5.68. The minimum Gasteiger partial charge on any atom is -0.496 e. The SMILES string of the molecule is COc1ccc(N)cc1-c1nccc(C(C)C)n1. The fourth-order valence-corrected chi connectivity index (χ4v) is 1.72. The molecule has 0 radical (unpaired) electrons. The van der Waals surface area contributed by atoms with Gasteiger partial charge in [-0.15, -0.1) is 0 Å². The molecular formula is C14H17N3O. The van der Waals surface area contributed by atoms with Gasteiger partial charge in [-0.3, -0.25) is 0 Å². The Bertz CT molecular complexity index is 552. The number of rotatable bonds is 3.